The molecule has 0 spiro atoms. The standard InChI is InChI=1S/C17H18N2O2/c20-19(21)17-11-4-2-7-14(17)12-18-16-10-5-8-13-6-1-3-9-15(13)16/h1-4,6-7,9,11,16,18H,5,8,10,12H2/t16-/m0/s1. The Bertz CT molecular complexity index is 655. The van der Waals surface area contributed by atoms with Crippen LogP contribution >= 0.6 is 0 Å². The van der Waals surface area contributed by atoms with Crippen molar-refractivity contribution >= 4 is 5.69 Å². The Morgan fingerprint density at radius 2 is 1.90 bits per heavy atom. The summed E-state index contributed by atoms with van der Waals surface area (Å²) >= 11 is 0. The molecule has 0 unspecified atom stereocenters. The number of benzene rings is 2. The first-order valence-electron chi connectivity index (χ1n) is 7.29. The molecule has 108 valence electrons. The minimum atomic E-state index is -0.314. The third-order valence-corrected chi connectivity index (χ3v) is 4.10. The lowest BCUT2D eigenvalue weighted by Crippen LogP contribution is -2.25. The van der Waals surface area contributed by atoms with E-state index in [2.05, 4.69) is 29.6 Å². The summed E-state index contributed by atoms with van der Waals surface area (Å²) in [6.07, 6.45) is 3.36. The number of hydrogen-bond acceptors (Lipinski definition) is 3. The highest BCUT2D eigenvalue weighted by Crippen LogP contribution is 2.30. The lowest BCUT2D eigenvalue weighted by atomic mass is 9.87. The maximum atomic E-state index is 11.0. The molecular formula is C17H18N2O2. The van der Waals surface area contributed by atoms with Crippen molar-refractivity contribution < 1.29 is 4.92 Å². The van der Waals surface area contributed by atoms with Crippen LogP contribution in [0.25, 0.3) is 0 Å². The van der Waals surface area contributed by atoms with Gasteiger partial charge in [-0.1, -0.05) is 42.5 Å². The fourth-order valence-corrected chi connectivity index (χ4v) is 3.04. The number of nitro benzene ring substituents is 1. The van der Waals surface area contributed by atoms with E-state index < -0.39 is 0 Å². The number of para-hydroxylation sites is 1. The predicted molar refractivity (Wildman–Crippen MR) is 82.1 cm³/mol. The van der Waals surface area contributed by atoms with Gasteiger partial charge in [0.05, 0.1) is 4.92 Å². The van der Waals surface area contributed by atoms with Gasteiger partial charge in [0, 0.05) is 24.2 Å². The van der Waals surface area contributed by atoms with Crippen LogP contribution in [0.15, 0.2) is 48.5 Å². The maximum absolute atomic E-state index is 11.0. The highest BCUT2D eigenvalue weighted by Gasteiger charge is 2.20. The first kappa shape index (κ1) is 13.8. The van der Waals surface area contributed by atoms with E-state index in [9.17, 15) is 10.1 Å². The highest BCUT2D eigenvalue weighted by atomic mass is 16.6. The van der Waals surface area contributed by atoms with Crippen molar-refractivity contribution in [1.29, 1.82) is 0 Å². The summed E-state index contributed by atoms with van der Waals surface area (Å²) < 4.78 is 0. The van der Waals surface area contributed by atoms with Gasteiger partial charge in [0.1, 0.15) is 0 Å². The van der Waals surface area contributed by atoms with Crippen LogP contribution in [-0.2, 0) is 13.0 Å². The first-order valence-corrected chi connectivity index (χ1v) is 7.29. The van der Waals surface area contributed by atoms with Gasteiger partial charge < -0.3 is 5.32 Å². The number of nitrogens with one attached hydrogen (secondary N) is 1. The third-order valence-electron chi connectivity index (χ3n) is 4.10. The van der Waals surface area contributed by atoms with Gasteiger partial charge >= 0.3 is 0 Å². The number of nitrogens with zero attached hydrogens (tertiary/aromatic N) is 1. The van der Waals surface area contributed by atoms with Crippen molar-refractivity contribution in [3.8, 4) is 0 Å². The van der Waals surface area contributed by atoms with Crippen LogP contribution < -0.4 is 5.32 Å². The lowest BCUT2D eigenvalue weighted by Gasteiger charge is -2.26. The molecular weight excluding hydrogens is 264 g/mol. The molecule has 0 saturated heterocycles. The molecule has 0 aliphatic heterocycles. The van der Waals surface area contributed by atoms with Gasteiger partial charge in [0.25, 0.3) is 5.69 Å². The Balaban J connectivity index is 1.76. The highest BCUT2D eigenvalue weighted by molar-refractivity contribution is 5.40. The average Bonchev–Trinajstić information content (AvgIpc) is 2.53. The zero-order valence-electron chi connectivity index (χ0n) is 11.8. The van der Waals surface area contributed by atoms with Crippen LogP contribution in [0.5, 0.6) is 0 Å². The third kappa shape index (κ3) is 2.95. The summed E-state index contributed by atoms with van der Waals surface area (Å²) in [6, 6.07) is 15.7. The van der Waals surface area contributed by atoms with E-state index in [-0.39, 0.29) is 16.7 Å². The van der Waals surface area contributed by atoms with Crippen LogP contribution in [0.2, 0.25) is 0 Å². The molecule has 0 heterocycles. The van der Waals surface area contributed by atoms with Gasteiger partial charge in [-0.25, -0.2) is 0 Å². The van der Waals surface area contributed by atoms with Crippen molar-refractivity contribution in [2.75, 3.05) is 0 Å². The second-order valence-electron chi connectivity index (χ2n) is 5.41. The Labute approximate surface area is 124 Å². The normalized spacial score (nSPS) is 17.2. The van der Waals surface area contributed by atoms with Crippen LogP contribution in [0.4, 0.5) is 5.69 Å². The van der Waals surface area contributed by atoms with Gasteiger partial charge in [0.2, 0.25) is 0 Å². The second kappa shape index (κ2) is 6.06. The number of nitro groups is 1. The van der Waals surface area contributed by atoms with Crippen molar-refractivity contribution in [2.24, 2.45) is 0 Å². The summed E-state index contributed by atoms with van der Waals surface area (Å²) in [5.74, 6) is 0. The van der Waals surface area contributed by atoms with Gasteiger partial charge in [-0.3, -0.25) is 10.1 Å². The largest absolute Gasteiger partial charge is 0.306 e. The van der Waals surface area contributed by atoms with E-state index in [0.717, 1.165) is 24.8 Å². The topological polar surface area (TPSA) is 55.2 Å². The van der Waals surface area contributed by atoms with Crippen LogP contribution in [0, 0.1) is 10.1 Å². The smallest absolute Gasteiger partial charge is 0.273 e. The SMILES string of the molecule is O=[N+]([O-])c1ccccc1CN[C@H]1CCCc2ccccc21. The fraction of sp³-hybridized carbons (Fsp3) is 0.294. The van der Waals surface area contributed by atoms with Gasteiger partial charge in [0.15, 0.2) is 0 Å². The molecule has 0 aromatic heterocycles. The number of fused-ring (bicyclic) bond motifs is 1. The molecule has 1 N–H and O–H groups in total. The Kier molecular flexibility index (Phi) is 3.97. The molecule has 0 bridgehead atoms. The van der Waals surface area contributed by atoms with E-state index in [1.807, 2.05) is 12.1 Å². The summed E-state index contributed by atoms with van der Waals surface area (Å²) in [5.41, 5.74) is 3.66. The molecule has 21 heavy (non-hydrogen) atoms. The molecule has 0 fully saturated rings. The second-order valence-corrected chi connectivity index (χ2v) is 5.41. The monoisotopic (exact) mass is 282 g/mol. The van der Waals surface area contributed by atoms with Crippen molar-refractivity contribution in [2.45, 2.75) is 31.8 Å². The molecule has 0 saturated carbocycles. The molecule has 4 nitrogen and oxygen atoms in total. The van der Waals surface area contributed by atoms with E-state index in [0.29, 0.717) is 6.54 Å². The number of rotatable bonds is 4. The van der Waals surface area contributed by atoms with Crippen LogP contribution in [0.1, 0.15) is 35.6 Å². The zero-order valence-corrected chi connectivity index (χ0v) is 11.8. The minimum Gasteiger partial charge on any atom is -0.306 e. The number of hydrogen-bond donors (Lipinski definition) is 1. The Morgan fingerprint density at radius 3 is 2.76 bits per heavy atom. The van der Waals surface area contributed by atoms with Crippen molar-refractivity contribution in [3.63, 3.8) is 0 Å². The van der Waals surface area contributed by atoms with Crippen molar-refractivity contribution in [3.05, 3.63) is 75.3 Å². The lowest BCUT2D eigenvalue weighted by molar-refractivity contribution is -0.385. The van der Waals surface area contributed by atoms with Gasteiger partial charge in [-0.15, -0.1) is 0 Å². The molecule has 1 aliphatic carbocycles. The maximum Gasteiger partial charge on any atom is 0.273 e. The van der Waals surface area contributed by atoms with E-state index in [1.54, 1.807) is 12.1 Å². The van der Waals surface area contributed by atoms with E-state index >= 15 is 0 Å². The molecule has 0 radical (unpaired) electrons. The summed E-state index contributed by atoms with van der Waals surface area (Å²) in [6.45, 7) is 0.524. The average molecular weight is 282 g/mol. The minimum absolute atomic E-state index is 0.189. The number of aryl methyl sites for hydroxylation is 1. The molecule has 3 rings (SSSR count). The van der Waals surface area contributed by atoms with Crippen LogP contribution in [0.3, 0.4) is 0 Å². The molecule has 1 atom stereocenters. The van der Waals surface area contributed by atoms with Crippen LogP contribution in [-0.4, -0.2) is 4.92 Å². The summed E-state index contributed by atoms with van der Waals surface area (Å²) in [5, 5.41) is 14.5. The Hall–Kier alpha value is -2.20. The molecule has 2 aromatic rings. The summed E-state index contributed by atoms with van der Waals surface area (Å²) in [7, 11) is 0. The summed E-state index contributed by atoms with van der Waals surface area (Å²) in [4.78, 5) is 10.7. The molecule has 2 aromatic carbocycles. The van der Waals surface area contributed by atoms with Crippen molar-refractivity contribution in [1.82, 2.24) is 5.32 Å². The van der Waals surface area contributed by atoms with Gasteiger partial charge in [-0.05, 0) is 30.4 Å². The fourth-order valence-electron chi connectivity index (χ4n) is 3.04. The quantitative estimate of drug-likeness (QED) is 0.686. The zero-order chi connectivity index (χ0) is 14.7. The predicted octanol–water partition coefficient (Wildman–Crippen LogP) is 3.76. The molecule has 0 amide bonds. The van der Waals surface area contributed by atoms with E-state index in [4.69, 9.17) is 0 Å². The Morgan fingerprint density at radius 1 is 1.14 bits per heavy atom. The first-order chi connectivity index (χ1) is 10.3. The molecule has 1 aliphatic rings. The van der Waals surface area contributed by atoms with Gasteiger partial charge in [-0.2, -0.15) is 0 Å². The van der Waals surface area contributed by atoms with E-state index in [1.165, 1.54) is 11.1 Å². The molecule has 4 heteroatoms.